The highest BCUT2D eigenvalue weighted by molar-refractivity contribution is 6.21. The molecule has 0 radical (unpaired) electrons. The molecule has 1 atom stereocenters. The summed E-state index contributed by atoms with van der Waals surface area (Å²) in [5.41, 5.74) is 0.212. The average Bonchev–Trinajstić information content (AvgIpc) is 1.97. The van der Waals surface area contributed by atoms with E-state index in [0.717, 1.165) is 19.6 Å². The van der Waals surface area contributed by atoms with Crippen LogP contribution in [0.1, 0.15) is 34.6 Å². The van der Waals surface area contributed by atoms with Gasteiger partial charge in [0.25, 0.3) is 0 Å². The molecule has 0 N–H and O–H groups in total. The zero-order valence-electron chi connectivity index (χ0n) is 9.02. The lowest BCUT2D eigenvalue weighted by Crippen LogP contribution is -2.36. The molecule has 1 unspecified atom stereocenters. The van der Waals surface area contributed by atoms with E-state index in [-0.39, 0.29) is 10.8 Å². The van der Waals surface area contributed by atoms with Gasteiger partial charge in [0, 0.05) is 6.54 Å². The summed E-state index contributed by atoms with van der Waals surface area (Å²) in [7, 11) is 0. The maximum atomic E-state index is 6.27. The molecule has 0 aromatic rings. The van der Waals surface area contributed by atoms with E-state index in [1.165, 1.54) is 0 Å². The maximum Gasteiger partial charge on any atom is 0.0511 e. The fourth-order valence-corrected chi connectivity index (χ4v) is 1.18. The highest BCUT2D eigenvalue weighted by Crippen LogP contribution is 2.24. The van der Waals surface area contributed by atoms with Gasteiger partial charge in [-0.2, -0.15) is 0 Å². The molecule has 0 fully saturated rings. The van der Waals surface area contributed by atoms with Crippen molar-refractivity contribution in [2.24, 2.45) is 5.41 Å². The van der Waals surface area contributed by atoms with Crippen LogP contribution in [0.2, 0.25) is 0 Å². The van der Waals surface area contributed by atoms with Crippen LogP contribution in [0, 0.1) is 5.41 Å². The van der Waals surface area contributed by atoms with Gasteiger partial charge in [-0.1, -0.05) is 34.6 Å². The Hall–Kier alpha value is 0.250. The van der Waals surface area contributed by atoms with Crippen LogP contribution in [0.3, 0.4) is 0 Å². The van der Waals surface area contributed by atoms with E-state index in [9.17, 15) is 0 Å². The van der Waals surface area contributed by atoms with Gasteiger partial charge in [0.15, 0.2) is 0 Å². The van der Waals surface area contributed by atoms with Crippen molar-refractivity contribution in [3.63, 3.8) is 0 Å². The number of rotatable bonds is 4. The third-order valence-corrected chi connectivity index (χ3v) is 3.05. The molecule has 0 aromatic carbocycles. The van der Waals surface area contributed by atoms with Crippen molar-refractivity contribution in [3.05, 3.63) is 0 Å². The van der Waals surface area contributed by atoms with E-state index in [1.54, 1.807) is 0 Å². The molecule has 0 aliphatic rings. The Morgan fingerprint density at radius 3 is 1.83 bits per heavy atom. The monoisotopic (exact) mass is 191 g/mol. The van der Waals surface area contributed by atoms with Gasteiger partial charge in [-0.25, -0.2) is 0 Å². The molecule has 1 nitrogen and oxygen atoms in total. The van der Waals surface area contributed by atoms with Crippen LogP contribution < -0.4 is 0 Å². The van der Waals surface area contributed by atoms with Gasteiger partial charge in [-0.15, -0.1) is 11.6 Å². The number of alkyl halides is 1. The highest BCUT2D eigenvalue weighted by atomic mass is 35.5. The van der Waals surface area contributed by atoms with Gasteiger partial charge in [-0.05, 0) is 18.5 Å². The van der Waals surface area contributed by atoms with Crippen molar-refractivity contribution in [2.45, 2.75) is 40.0 Å². The number of hydrogen-bond acceptors (Lipinski definition) is 1. The normalized spacial score (nSPS) is 15.2. The van der Waals surface area contributed by atoms with Crippen LogP contribution in [0.25, 0.3) is 0 Å². The van der Waals surface area contributed by atoms with Crippen LogP contribution in [0.5, 0.6) is 0 Å². The van der Waals surface area contributed by atoms with Crippen molar-refractivity contribution in [1.29, 1.82) is 0 Å². The summed E-state index contributed by atoms with van der Waals surface area (Å²) >= 11 is 6.27. The van der Waals surface area contributed by atoms with Gasteiger partial charge in [-0.3, -0.25) is 0 Å². The first-order valence-electron chi connectivity index (χ1n) is 4.78. The minimum atomic E-state index is 0.212. The van der Waals surface area contributed by atoms with E-state index < -0.39 is 0 Å². The van der Waals surface area contributed by atoms with Gasteiger partial charge in [0.05, 0.1) is 5.38 Å². The van der Waals surface area contributed by atoms with E-state index in [4.69, 9.17) is 11.6 Å². The molecule has 0 aromatic heterocycles. The van der Waals surface area contributed by atoms with Gasteiger partial charge in [0.2, 0.25) is 0 Å². The van der Waals surface area contributed by atoms with E-state index in [1.807, 2.05) is 0 Å². The van der Waals surface area contributed by atoms with Crippen molar-refractivity contribution in [1.82, 2.24) is 4.90 Å². The van der Waals surface area contributed by atoms with Gasteiger partial charge < -0.3 is 4.90 Å². The van der Waals surface area contributed by atoms with Gasteiger partial charge >= 0.3 is 0 Å². The van der Waals surface area contributed by atoms with Crippen LogP contribution in [-0.2, 0) is 0 Å². The third kappa shape index (κ3) is 4.32. The summed E-state index contributed by atoms with van der Waals surface area (Å²) in [6.07, 6.45) is 0. The molecule has 0 rings (SSSR count). The molecule has 12 heavy (non-hydrogen) atoms. The Bertz CT molecular complexity index is 113. The molecule has 0 saturated carbocycles. The fourth-order valence-electron chi connectivity index (χ4n) is 0.982. The minimum Gasteiger partial charge on any atom is -0.302 e. The van der Waals surface area contributed by atoms with Crippen LogP contribution in [0.15, 0.2) is 0 Å². The molecular formula is C10H22ClN. The van der Waals surface area contributed by atoms with Gasteiger partial charge in [0.1, 0.15) is 0 Å². The van der Waals surface area contributed by atoms with Crippen molar-refractivity contribution in [3.8, 4) is 0 Å². The molecule has 74 valence electrons. The summed E-state index contributed by atoms with van der Waals surface area (Å²) in [4.78, 5) is 2.36. The van der Waals surface area contributed by atoms with E-state index in [2.05, 4.69) is 39.5 Å². The molecule has 0 bridgehead atoms. The van der Waals surface area contributed by atoms with Crippen molar-refractivity contribution in [2.75, 3.05) is 19.6 Å². The molecule has 0 aliphatic carbocycles. The summed E-state index contributed by atoms with van der Waals surface area (Å²) in [6.45, 7) is 14.1. The van der Waals surface area contributed by atoms with E-state index >= 15 is 0 Å². The number of nitrogens with zero attached hydrogens (tertiary/aromatic N) is 1. The van der Waals surface area contributed by atoms with Crippen molar-refractivity contribution < 1.29 is 0 Å². The Kier molecular flexibility index (Phi) is 5.19. The van der Waals surface area contributed by atoms with Crippen LogP contribution >= 0.6 is 11.6 Å². The third-order valence-electron chi connectivity index (χ3n) is 2.25. The Morgan fingerprint density at radius 1 is 1.17 bits per heavy atom. The Labute approximate surface area is 82.1 Å². The summed E-state index contributed by atoms with van der Waals surface area (Å²) in [5.74, 6) is 0. The summed E-state index contributed by atoms with van der Waals surface area (Å²) in [5, 5.41) is 0.248. The van der Waals surface area contributed by atoms with Crippen LogP contribution in [0.4, 0.5) is 0 Å². The molecular weight excluding hydrogens is 170 g/mol. The SMILES string of the molecule is CCN(CC)CC(Cl)C(C)(C)C. The smallest absolute Gasteiger partial charge is 0.0511 e. The maximum absolute atomic E-state index is 6.27. The quantitative estimate of drug-likeness (QED) is 0.618. The second-order valence-electron chi connectivity index (χ2n) is 4.32. The molecule has 2 heteroatoms. The van der Waals surface area contributed by atoms with Crippen molar-refractivity contribution >= 4 is 11.6 Å². The molecule has 0 saturated heterocycles. The first kappa shape index (κ1) is 12.2. The first-order valence-corrected chi connectivity index (χ1v) is 5.21. The largest absolute Gasteiger partial charge is 0.302 e. The molecule has 0 amide bonds. The summed E-state index contributed by atoms with van der Waals surface area (Å²) in [6, 6.07) is 0. The zero-order valence-corrected chi connectivity index (χ0v) is 9.78. The standard InChI is InChI=1S/C10H22ClN/c1-6-12(7-2)8-9(11)10(3,4)5/h9H,6-8H2,1-5H3. The highest BCUT2D eigenvalue weighted by Gasteiger charge is 2.23. The predicted molar refractivity (Wildman–Crippen MR) is 56.9 cm³/mol. The number of hydrogen-bond donors (Lipinski definition) is 0. The Balaban J connectivity index is 3.90. The Morgan fingerprint density at radius 2 is 1.58 bits per heavy atom. The second-order valence-corrected chi connectivity index (χ2v) is 4.85. The topological polar surface area (TPSA) is 3.24 Å². The fraction of sp³-hybridized carbons (Fsp3) is 1.00. The summed E-state index contributed by atoms with van der Waals surface area (Å²) < 4.78 is 0. The van der Waals surface area contributed by atoms with E-state index in [0.29, 0.717) is 0 Å². The zero-order chi connectivity index (χ0) is 9.78. The predicted octanol–water partition coefficient (Wildman–Crippen LogP) is 2.98. The lowest BCUT2D eigenvalue weighted by molar-refractivity contribution is 0.251. The molecule has 0 aliphatic heterocycles. The minimum absolute atomic E-state index is 0.212. The van der Waals surface area contributed by atoms with Crippen LogP contribution in [-0.4, -0.2) is 29.9 Å². The number of halogens is 1. The lowest BCUT2D eigenvalue weighted by atomic mass is 9.91. The first-order chi connectivity index (χ1) is 5.41. The second kappa shape index (κ2) is 5.08. The molecule has 0 heterocycles. The average molecular weight is 192 g/mol. The molecule has 0 spiro atoms. The lowest BCUT2D eigenvalue weighted by Gasteiger charge is -2.30.